The molecule has 4 rings (SSSR count). The van der Waals surface area contributed by atoms with E-state index in [1.165, 1.54) is 0 Å². The Hall–Kier alpha value is -1.52. The van der Waals surface area contributed by atoms with Crippen molar-refractivity contribution in [1.29, 1.82) is 0 Å². The van der Waals surface area contributed by atoms with Crippen LogP contribution in [0.25, 0.3) is 21.5 Å². The second kappa shape index (κ2) is 21.8. The Morgan fingerprint density at radius 2 is 0.735 bits per heavy atom. The average molecular weight is 735 g/mol. The maximum absolute atomic E-state index is 12.0. The number of hydrogen-bond acceptors (Lipinski definition) is 6. The van der Waals surface area contributed by atoms with E-state index in [1.54, 1.807) is 0 Å². The third-order valence-electron chi connectivity index (χ3n) is 9.03. The average Bonchev–Trinajstić information content (AvgIpc) is 3.04. The van der Waals surface area contributed by atoms with E-state index < -0.39 is 20.2 Å². The first kappa shape index (κ1) is 43.6. The molecule has 4 aromatic carbocycles. The van der Waals surface area contributed by atoms with E-state index in [9.17, 15) is 25.9 Å². The summed E-state index contributed by atoms with van der Waals surface area (Å²) in [4.78, 5) is 0.0337. The van der Waals surface area contributed by atoms with Gasteiger partial charge in [-0.05, 0) is 84.4 Å². The van der Waals surface area contributed by atoms with E-state index in [1.807, 2.05) is 60.7 Å². The van der Waals surface area contributed by atoms with Crippen molar-refractivity contribution < 1.29 is 25.9 Å². The van der Waals surface area contributed by atoms with Crippen molar-refractivity contribution in [2.75, 3.05) is 0 Å². The molecule has 0 atom stereocenters. The second-order valence-corrected chi connectivity index (χ2v) is 15.5. The van der Waals surface area contributed by atoms with E-state index in [-0.39, 0.29) is 47.5 Å². The molecule has 4 aromatic rings. The van der Waals surface area contributed by atoms with E-state index in [0.29, 0.717) is 34.7 Å². The maximum atomic E-state index is 12.0. The van der Waals surface area contributed by atoms with Gasteiger partial charge >= 0.3 is 37.7 Å². The summed E-state index contributed by atoms with van der Waals surface area (Å²) in [5, 5.41) is 2.99. The largest absolute Gasteiger partial charge is 2.00 e. The van der Waals surface area contributed by atoms with Crippen molar-refractivity contribution in [3.63, 3.8) is 0 Å². The first-order valence-electron chi connectivity index (χ1n) is 18.0. The van der Waals surface area contributed by atoms with Crippen LogP contribution in [0.15, 0.2) is 70.5 Å². The normalized spacial score (nSPS) is 11.7. The molecular weight excluding hydrogens is 681 g/mol. The van der Waals surface area contributed by atoms with Crippen molar-refractivity contribution in [3.8, 4) is 0 Å². The third kappa shape index (κ3) is 12.9. The zero-order valence-electron chi connectivity index (χ0n) is 30.1. The molecule has 0 aliphatic rings. The van der Waals surface area contributed by atoms with Gasteiger partial charge in [0.1, 0.15) is 20.2 Å². The Balaban J connectivity index is 0.000000333. The van der Waals surface area contributed by atoms with Crippen LogP contribution < -0.4 is 0 Å². The fourth-order valence-corrected chi connectivity index (χ4v) is 8.55. The number of unbranched alkanes of at least 4 members (excludes halogenated alkanes) is 8. The van der Waals surface area contributed by atoms with Crippen LogP contribution in [0.2, 0.25) is 0 Å². The Morgan fingerprint density at radius 3 is 1.02 bits per heavy atom. The quantitative estimate of drug-likeness (QED) is 0.0571. The molecule has 9 heteroatoms. The van der Waals surface area contributed by atoms with Crippen molar-refractivity contribution in [3.05, 3.63) is 82.9 Å². The van der Waals surface area contributed by atoms with Gasteiger partial charge in [-0.25, -0.2) is 16.8 Å². The number of aryl methyl sites for hydroxylation is 4. The SMILES string of the molecule is CCCCCc1ccc2cccc(CCCCC)c2c1S(=O)(=O)[O-].CCCCCc1ccc2cccc(CCCCC)c2c1S(=O)(=O)[O-].[Ca+2]. The monoisotopic (exact) mass is 734 g/mol. The molecule has 0 amide bonds. The molecule has 0 aromatic heterocycles. The van der Waals surface area contributed by atoms with Gasteiger partial charge in [-0.3, -0.25) is 0 Å². The fourth-order valence-electron chi connectivity index (χ4n) is 6.57. The Kier molecular flexibility index (Phi) is 19.4. The Morgan fingerprint density at radius 1 is 0.429 bits per heavy atom. The Bertz CT molecular complexity index is 1700. The summed E-state index contributed by atoms with van der Waals surface area (Å²) in [6.07, 6.45) is 15.4. The Labute approximate surface area is 326 Å². The fraction of sp³-hybridized carbons (Fsp3) is 0.500. The molecule has 0 aliphatic heterocycles. The molecule has 0 aliphatic carbocycles. The van der Waals surface area contributed by atoms with Gasteiger partial charge in [0.25, 0.3) is 0 Å². The smallest absolute Gasteiger partial charge is 0.744 e. The standard InChI is InChI=1S/2C20H28O3S.Ca/c2*1-3-5-7-10-16-12-9-13-17-14-15-18(11-8-6-4-2)20(19(16)17)24(21,22)23;/h2*9,12-15H,3-8,10-11H2,1-2H3,(H,21,22,23);/q;;+2/p-2. The zero-order valence-corrected chi connectivity index (χ0v) is 33.9. The predicted molar refractivity (Wildman–Crippen MR) is 202 cm³/mol. The molecule has 0 unspecified atom stereocenters. The first-order chi connectivity index (χ1) is 23.0. The number of benzene rings is 4. The summed E-state index contributed by atoms with van der Waals surface area (Å²) in [7, 11) is -9.00. The summed E-state index contributed by atoms with van der Waals surface area (Å²) >= 11 is 0. The van der Waals surface area contributed by atoms with Gasteiger partial charge < -0.3 is 9.11 Å². The van der Waals surface area contributed by atoms with Crippen LogP contribution >= 0.6 is 0 Å². The van der Waals surface area contributed by atoms with Crippen LogP contribution in [0.5, 0.6) is 0 Å². The number of rotatable bonds is 18. The molecule has 264 valence electrons. The molecule has 0 N–H and O–H groups in total. The van der Waals surface area contributed by atoms with E-state index >= 15 is 0 Å². The van der Waals surface area contributed by atoms with Gasteiger partial charge in [0.2, 0.25) is 0 Å². The first-order valence-corrected chi connectivity index (χ1v) is 20.8. The minimum absolute atomic E-state index is 0. The topological polar surface area (TPSA) is 114 Å². The van der Waals surface area contributed by atoms with Gasteiger partial charge in [-0.15, -0.1) is 0 Å². The van der Waals surface area contributed by atoms with Gasteiger partial charge in [-0.2, -0.15) is 0 Å². The number of hydrogen-bond donors (Lipinski definition) is 0. The molecule has 0 radical (unpaired) electrons. The van der Waals surface area contributed by atoms with Crippen molar-refractivity contribution >= 4 is 79.5 Å². The van der Waals surface area contributed by atoms with E-state index in [2.05, 4.69) is 27.7 Å². The molecule has 0 bridgehead atoms. The summed E-state index contributed by atoms with van der Waals surface area (Å²) in [6.45, 7) is 8.50. The van der Waals surface area contributed by atoms with E-state index in [4.69, 9.17) is 0 Å². The van der Waals surface area contributed by atoms with Gasteiger partial charge in [0, 0.05) is 10.8 Å². The molecule has 0 saturated heterocycles. The molecule has 6 nitrogen and oxygen atoms in total. The number of fused-ring (bicyclic) bond motifs is 2. The minimum atomic E-state index is -4.50. The summed E-state index contributed by atoms with van der Waals surface area (Å²) in [5.41, 5.74) is 3.31. The zero-order chi connectivity index (χ0) is 35.2. The van der Waals surface area contributed by atoms with E-state index in [0.717, 1.165) is 112 Å². The maximum Gasteiger partial charge on any atom is 2.00 e. The van der Waals surface area contributed by atoms with Crippen molar-refractivity contribution in [1.82, 2.24) is 0 Å². The van der Waals surface area contributed by atoms with Crippen molar-refractivity contribution in [2.24, 2.45) is 0 Å². The summed E-state index contributed by atoms with van der Waals surface area (Å²) in [6, 6.07) is 19.1. The molecule has 49 heavy (non-hydrogen) atoms. The predicted octanol–water partition coefficient (Wildman–Crippen LogP) is 10.0. The summed E-state index contributed by atoms with van der Waals surface area (Å²) < 4.78 is 72.2. The van der Waals surface area contributed by atoms with Crippen LogP contribution in [0, 0.1) is 0 Å². The second-order valence-electron chi connectivity index (χ2n) is 12.9. The van der Waals surface area contributed by atoms with Gasteiger partial charge in [-0.1, -0.05) is 140 Å². The van der Waals surface area contributed by atoms with Gasteiger partial charge in [0.15, 0.2) is 0 Å². The molecular formula is C40H54CaO6S2. The third-order valence-corrected chi connectivity index (χ3v) is 11.0. The summed E-state index contributed by atoms with van der Waals surface area (Å²) in [5.74, 6) is 0. The van der Waals surface area contributed by atoms with Crippen LogP contribution in [-0.2, 0) is 45.9 Å². The molecule has 0 heterocycles. The van der Waals surface area contributed by atoms with Crippen LogP contribution in [-0.4, -0.2) is 63.7 Å². The molecule has 0 spiro atoms. The molecule has 0 fully saturated rings. The minimum Gasteiger partial charge on any atom is -0.744 e. The van der Waals surface area contributed by atoms with Crippen molar-refractivity contribution in [2.45, 2.75) is 140 Å². The van der Waals surface area contributed by atoms with Gasteiger partial charge in [0.05, 0.1) is 9.79 Å². The van der Waals surface area contributed by atoms with Crippen LogP contribution in [0.3, 0.4) is 0 Å². The molecule has 0 saturated carbocycles. The van der Waals surface area contributed by atoms with Crippen LogP contribution in [0.1, 0.15) is 127 Å². The van der Waals surface area contributed by atoms with Crippen LogP contribution in [0.4, 0.5) is 0 Å².